The van der Waals surface area contributed by atoms with E-state index in [-0.39, 0.29) is 35.5 Å². The zero-order valence-electron chi connectivity index (χ0n) is 18.7. The molecule has 0 radical (unpaired) electrons. The molecule has 1 saturated carbocycles. The number of benzene rings is 1. The Morgan fingerprint density at radius 1 is 1.09 bits per heavy atom. The summed E-state index contributed by atoms with van der Waals surface area (Å²) in [5, 5.41) is 21.8. The van der Waals surface area contributed by atoms with E-state index in [1.54, 1.807) is 0 Å². The summed E-state index contributed by atoms with van der Waals surface area (Å²) in [7, 11) is 0. The van der Waals surface area contributed by atoms with Gasteiger partial charge in [0, 0.05) is 12.5 Å². The van der Waals surface area contributed by atoms with Crippen molar-refractivity contribution in [3.05, 3.63) is 68.4 Å². The third kappa shape index (κ3) is 6.92. The van der Waals surface area contributed by atoms with Gasteiger partial charge in [0.15, 0.2) is 11.6 Å². The molecule has 188 valence electrons. The van der Waals surface area contributed by atoms with Gasteiger partial charge in [-0.15, -0.1) is 0 Å². The van der Waals surface area contributed by atoms with Gasteiger partial charge in [-0.1, -0.05) is 19.3 Å². The van der Waals surface area contributed by atoms with E-state index in [0.29, 0.717) is 6.42 Å². The summed E-state index contributed by atoms with van der Waals surface area (Å²) in [4.78, 5) is 41.5. The maximum Gasteiger partial charge on any atom is 0.326 e. The number of aromatic nitrogens is 3. The summed E-state index contributed by atoms with van der Waals surface area (Å²) >= 11 is 0. The first kappa shape index (κ1) is 25.9. The van der Waals surface area contributed by atoms with Crippen molar-refractivity contribution in [2.75, 3.05) is 0 Å². The van der Waals surface area contributed by atoms with Gasteiger partial charge in [0.2, 0.25) is 5.91 Å². The Morgan fingerprint density at radius 3 is 2.49 bits per heavy atom. The van der Waals surface area contributed by atoms with Crippen molar-refractivity contribution < 1.29 is 28.2 Å². The summed E-state index contributed by atoms with van der Waals surface area (Å²) in [5.41, 5.74) is -2.16. The molecule has 2 aromatic heterocycles. The van der Waals surface area contributed by atoms with E-state index in [1.807, 2.05) is 4.98 Å². The number of carbonyl (C=O) groups excluding carboxylic acids is 1. The van der Waals surface area contributed by atoms with Crippen LogP contribution in [0.2, 0.25) is 0 Å². The Bertz CT molecular complexity index is 1320. The minimum Gasteiger partial charge on any atom is -0.504 e. The highest BCUT2D eigenvalue weighted by molar-refractivity contribution is 5.83. The zero-order chi connectivity index (χ0) is 25.6. The molecule has 0 spiro atoms. The first-order valence-corrected chi connectivity index (χ1v) is 11.0. The van der Waals surface area contributed by atoms with Crippen LogP contribution in [0.3, 0.4) is 0 Å². The predicted octanol–water partition coefficient (Wildman–Crippen LogP) is 2.51. The van der Waals surface area contributed by atoms with Crippen LogP contribution in [0, 0.1) is 17.5 Å². The molecule has 0 unspecified atom stereocenters. The van der Waals surface area contributed by atoms with Crippen LogP contribution in [0.15, 0.2) is 34.0 Å². The molecule has 1 aromatic carbocycles. The number of carbonyl (C=O) groups is 1. The quantitative estimate of drug-likeness (QED) is 0.368. The third-order valence-corrected chi connectivity index (χ3v) is 5.77. The first-order chi connectivity index (χ1) is 16.6. The van der Waals surface area contributed by atoms with Gasteiger partial charge in [-0.3, -0.25) is 19.6 Å². The Morgan fingerprint density at radius 2 is 1.80 bits per heavy atom. The second kappa shape index (κ2) is 11.2. The van der Waals surface area contributed by atoms with Crippen LogP contribution in [-0.2, 0) is 11.3 Å². The number of hydrogen-bond acceptors (Lipinski definition) is 6. The number of aliphatic hydroxyl groups is 1. The number of nitrogens with zero attached hydrogens (tertiary/aromatic N) is 1. The summed E-state index contributed by atoms with van der Waals surface area (Å²) in [6.45, 7) is -0.0800. The number of amides is 1. The average Bonchev–Trinajstić information content (AvgIpc) is 2.80. The fraction of sp³-hybridized carbons (Fsp3) is 0.391. The van der Waals surface area contributed by atoms with E-state index >= 15 is 0 Å². The maximum atomic E-state index is 13.3. The molecule has 1 amide bonds. The number of pyridine rings is 1. The predicted molar refractivity (Wildman–Crippen MR) is 120 cm³/mol. The molecule has 35 heavy (non-hydrogen) atoms. The normalized spacial score (nSPS) is 14.7. The highest BCUT2D eigenvalue weighted by Crippen LogP contribution is 2.31. The van der Waals surface area contributed by atoms with Crippen LogP contribution in [-0.4, -0.2) is 36.7 Å². The van der Waals surface area contributed by atoms with E-state index < -0.39 is 40.1 Å². The molecular formula is C23H25F3N4O5. The second-order valence-electron chi connectivity index (χ2n) is 8.37. The molecule has 1 fully saturated rings. The number of rotatable bonds is 5. The summed E-state index contributed by atoms with van der Waals surface area (Å²) in [6.07, 6.45) is 6.09. The highest BCUT2D eigenvalue weighted by Gasteiger charge is 2.29. The highest BCUT2D eigenvalue weighted by atomic mass is 19.1. The maximum absolute atomic E-state index is 13.3. The Balaban J connectivity index is 0.000000211. The van der Waals surface area contributed by atoms with E-state index in [1.165, 1.54) is 6.07 Å². The van der Waals surface area contributed by atoms with Crippen LogP contribution < -0.4 is 16.6 Å². The number of halogens is 3. The molecule has 0 aliphatic heterocycles. The molecule has 3 aromatic rings. The molecule has 0 saturated heterocycles. The molecule has 9 nitrogen and oxygen atoms in total. The number of fused-ring (bicyclic) bond motifs is 1. The lowest BCUT2D eigenvalue weighted by Crippen LogP contribution is -2.34. The van der Waals surface area contributed by atoms with E-state index in [2.05, 4.69) is 15.3 Å². The summed E-state index contributed by atoms with van der Waals surface area (Å²) < 4.78 is 38.9. The molecule has 5 N–H and O–H groups in total. The van der Waals surface area contributed by atoms with Gasteiger partial charge in [0.1, 0.15) is 17.0 Å². The average molecular weight is 494 g/mol. The molecule has 0 bridgehead atoms. The van der Waals surface area contributed by atoms with Crippen molar-refractivity contribution in [3.63, 3.8) is 0 Å². The number of phenols is 1. The SMILES string of the molecule is O=C(CCC1(O)CCCCC1)NCc1ncc(F)cc1F.O=c1[nH]c(=O)c2c(O)c(F)ccc2[nH]1. The third-order valence-electron chi connectivity index (χ3n) is 5.77. The van der Waals surface area contributed by atoms with Crippen molar-refractivity contribution in [1.82, 2.24) is 20.3 Å². The lowest BCUT2D eigenvalue weighted by molar-refractivity contribution is -0.123. The van der Waals surface area contributed by atoms with Gasteiger partial charge < -0.3 is 20.5 Å². The van der Waals surface area contributed by atoms with E-state index in [9.17, 15) is 37.8 Å². The minimum atomic E-state index is -0.907. The molecule has 0 atom stereocenters. The number of aromatic amines is 2. The molecule has 4 rings (SSSR count). The Kier molecular flexibility index (Phi) is 8.28. The largest absolute Gasteiger partial charge is 0.504 e. The lowest BCUT2D eigenvalue weighted by atomic mass is 9.81. The lowest BCUT2D eigenvalue weighted by Gasteiger charge is -2.31. The van der Waals surface area contributed by atoms with Crippen molar-refractivity contribution in [1.29, 1.82) is 0 Å². The van der Waals surface area contributed by atoms with Crippen molar-refractivity contribution in [3.8, 4) is 5.75 Å². The van der Waals surface area contributed by atoms with Gasteiger partial charge in [-0.25, -0.2) is 18.0 Å². The van der Waals surface area contributed by atoms with Crippen LogP contribution in [0.1, 0.15) is 50.6 Å². The van der Waals surface area contributed by atoms with Crippen LogP contribution >= 0.6 is 0 Å². The first-order valence-electron chi connectivity index (χ1n) is 11.0. The number of nitrogens with one attached hydrogen (secondary N) is 3. The molecule has 12 heteroatoms. The van der Waals surface area contributed by atoms with Gasteiger partial charge in [0.05, 0.1) is 29.6 Å². The van der Waals surface area contributed by atoms with Gasteiger partial charge in [-0.2, -0.15) is 0 Å². The van der Waals surface area contributed by atoms with E-state index in [0.717, 1.165) is 50.4 Å². The van der Waals surface area contributed by atoms with Crippen LogP contribution in [0.25, 0.3) is 10.9 Å². The van der Waals surface area contributed by atoms with Crippen LogP contribution in [0.4, 0.5) is 13.2 Å². The number of phenolic OH excluding ortho intramolecular Hbond substituents is 1. The van der Waals surface area contributed by atoms with Crippen LogP contribution in [0.5, 0.6) is 5.75 Å². The van der Waals surface area contributed by atoms with Gasteiger partial charge in [-0.05, 0) is 31.4 Å². The fourth-order valence-corrected chi connectivity index (χ4v) is 3.87. The molecular weight excluding hydrogens is 469 g/mol. The summed E-state index contributed by atoms with van der Waals surface area (Å²) in [6, 6.07) is 2.91. The molecule has 1 aliphatic carbocycles. The monoisotopic (exact) mass is 494 g/mol. The van der Waals surface area contributed by atoms with Gasteiger partial charge in [0.25, 0.3) is 5.56 Å². The Labute approximate surface area is 197 Å². The van der Waals surface area contributed by atoms with E-state index in [4.69, 9.17) is 0 Å². The van der Waals surface area contributed by atoms with Crippen molar-refractivity contribution in [2.24, 2.45) is 0 Å². The second-order valence-corrected chi connectivity index (χ2v) is 8.37. The topological polar surface area (TPSA) is 148 Å². The fourth-order valence-electron chi connectivity index (χ4n) is 3.87. The van der Waals surface area contributed by atoms with Gasteiger partial charge >= 0.3 is 5.69 Å². The number of aromatic hydroxyl groups is 1. The standard InChI is InChI=1S/C15H20F2N2O2.C8H5FN2O3/c16-11-8-12(17)13(18-9-11)10-19-14(20)4-7-15(21)5-2-1-3-6-15;9-3-1-2-4-5(6(3)12)7(13)11-8(14)10-4/h8-9,21H,1-7,10H2,(H,19,20);1-2,12H,(H2,10,11,13,14). The Hall–Kier alpha value is -3.67. The zero-order valence-corrected chi connectivity index (χ0v) is 18.7. The smallest absolute Gasteiger partial charge is 0.326 e. The number of hydrogen-bond donors (Lipinski definition) is 5. The van der Waals surface area contributed by atoms with Crippen molar-refractivity contribution in [2.45, 2.75) is 57.1 Å². The molecule has 1 aliphatic rings. The number of H-pyrrole nitrogens is 2. The minimum absolute atomic E-state index is 0.00104. The summed E-state index contributed by atoms with van der Waals surface area (Å²) in [5.74, 6) is -3.46. The van der Waals surface area contributed by atoms with Crippen molar-refractivity contribution >= 4 is 16.8 Å². The molecule has 2 heterocycles.